The molecule has 0 bridgehead atoms. The Hall–Kier alpha value is -3.97. The molecule has 2 aliphatic heterocycles. The first-order valence-electron chi connectivity index (χ1n) is 13.1. The van der Waals surface area contributed by atoms with E-state index in [1.807, 2.05) is 23.1 Å². The van der Waals surface area contributed by atoms with Gasteiger partial charge in [0.05, 0.1) is 4.70 Å². The molecule has 41 heavy (non-hydrogen) atoms. The molecule has 4 heterocycles. The van der Waals surface area contributed by atoms with Crippen LogP contribution in [0.25, 0.3) is 21.2 Å². The van der Waals surface area contributed by atoms with Crippen molar-refractivity contribution in [3.05, 3.63) is 60.3 Å². The van der Waals surface area contributed by atoms with Gasteiger partial charge < -0.3 is 25.8 Å². The van der Waals surface area contributed by atoms with Gasteiger partial charge >= 0.3 is 12.1 Å². The summed E-state index contributed by atoms with van der Waals surface area (Å²) in [4.78, 5) is 21.5. The van der Waals surface area contributed by atoms with Gasteiger partial charge in [-0.2, -0.15) is 27.5 Å². The van der Waals surface area contributed by atoms with Crippen LogP contribution in [0.4, 0.5) is 24.9 Å². The van der Waals surface area contributed by atoms with E-state index >= 15 is 0 Å². The number of nitrogens with one attached hydrogen (secondary N) is 1. The number of nitrogen functional groups attached to an aromatic ring is 1. The van der Waals surface area contributed by atoms with Crippen LogP contribution in [0, 0.1) is 5.41 Å². The summed E-state index contributed by atoms with van der Waals surface area (Å²) in [5, 5.41) is 13.4. The van der Waals surface area contributed by atoms with Gasteiger partial charge in [0.15, 0.2) is 0 Å². The Bertz CT molecular complexity index is 1570. The molecular weight excluding hydrogens is 557 g/mol. The number of carboxylic acids is 1. The lowest BCUT2D eigenvalue weighted by Crippen LogP contribution is -2.41. The predicted molar refractivity (Wildman–Crippen MR) is 149 cm³/mol. The number of anilines is 2. The molecule has 1 spiro atoms. The van der Waals surface area contributed by atoms with Gasteiger partial charge in [0, 0.05) is 42.8 Å². The second-order valence-corrected chi connectivity index (χ2v) is 11.5. The van der Waals surface area contributed by atoms with Gasteiger partial charge in [-0.15, -0.1) is 0 Å². The summed E-state index contributed by atoms with van der Waals surface area (Å²) in [6.07, 6.45) is -3.22. The number of nitrogens with zero attached hydrogens (tertiary/aromatic N) is 4. The fourth-order valence-corrected chi connectivity index (χ4v) is 6.36. The van der Waals surface area contributed by atoms with Gasteiger partial charge in [-0.3, -0.25) is 4.79 Å². The van der Waals surface area contributed by atoms with Crippen molar-refractivity contribution in [2.24, 2.45) is 5.41 Å². The molecule has 6 rings (SSSR count). The Labute approximate surface area is 237 Å². The smallest absolute Gasteiger partial charge is 0.429 e. The largest absolute Gasteiger partial charge is 0.480 e. The molecule has 9 nitrogen and oxygen atoms in total. The van der Waals surface area contributed by atoms with E-state index in [2.05, 4.69) is 19.7 Å². The maximum atomic E-state index is 14.2. The van der Waals surface area contributed by atoms with E-state index in [0.29, 0.717) is 31.9 Å². The molecule has 214 valence electrons. The lowest BCUT2D eigenvalue weighted by Gasteiger charge is -2.39. The Balaban J connectivity index is 1.19. The van der Waals surface area contributed by atoms with Crippen LogP contribution in [0.3, 0.4) is 0 Å². The quantitative estimate of drug-likeness (QED) is 0.285. The molecule has 2 aliphatic rings. The van der Waals surface area contributed by atoms with Crippen molar-refractivity contribution in [3.63, 3.8) is 0 Å². The number of rotatable bonds is 6. The second kappa shape index (κ2) is 10.5. The van der Waals surface area contributed by atoms with E-state index in [-0.39, 0.29) is 22.8 Å². The van der Waals surface area contributed by atoms with E-state index in [1.54, 1.807) is 18.3 Å². The lowest BCUT2D eigenvalue weighted by atomic mass is 9.76. The van der Waals surface area contributed by atoms with Crippen LogP contribution in [-0.4, -0.2) is 57.3 Å². The zero-order valence-corrected chi connectivity index (χ0v) is 22.6. The molecule has 4 N–H and O–H groups in total. The van der Waals surface area contributed by atoms with Crippen LogP contribution in [0.5, 0.6) is 5.88 Å². The molecule has 0 radical (unpaired) electrons. The number of aliphatic carboxylic acids is 1. The van der Waals surface area contributed by atoms with Gasteiger partial charge in [-0.05, 0) is 53.4 Å². The highest BCUT2D eigenvalue weighted by atomic mass is 32.1. The predicted octanol–water partition coefficient (Wildman–Crippen LogP) is 5.05. The highest BCUT2D eigenvalue weighted by Crippen LogP contribution is 2.41. The minimum Gasteiger partial charge on any atom is -0.480 e. The van der Waals surface area contributed by atoms with Crippen molar-refractivity contribution < 1.29 is 27.8 Å². The van der Waals surface area contributed by atoms with E-state index in [4.69, 9.17) is 10.5 Å². The zero-order valence-electron chi connectivity index (χ0n) is 21.8. The maximum absolute atomic E-state index is 14.2. The fourth-order valence-electron chi connectivity index (χ4n) is 5.67. The number of ether oxygens (including phenoxy) is 1. The summed E-state index contributed by atoms with van der Waals surface area (Å²) >= 11 is 1.36. The number of nitrogens with two attached hydrogens (primary N) is 1. The van der Waals surface area contributed by atoms with Crippen LogP contribution in [-0.2, 0) is 4.79 Å². The number of benzene rings is 2. The molecule has 2 saturated heterocycles. The monoisotopic (exact) mass is 584 g/mol. The molecule has 0 unspecified atom stereocenters. The van der Waals surface area contributed by atoms with Crippen molar-refractivity contribution in [2.45, 2.75) is 37.6 Å². The first-order valence-corrected chi connectivity index (χ1v) is 13.9. The third-order valence-electron chi connectivity index (χ3n) is 7.95. The van der Waals surface area contributed by atoms with Crippen molar-refractivity contribution in [1.29, 1.82) is 0 Å². The van der Waals surface area contributed by atoms with Gasteiger partial charge in [0.25, 0.3) is 0 Å². The zero-order chi connectivity index (χ0) is 28.8. The molecule has 2 aromatic carbocycles. The van der Waals surface area contributed by atoms with E-state index < -0.39 is 24.3 Å². The number of hydrogen-bond acceptors (Lipinski definition) is 9. The van der Waals surface area contributed by atoms with Crippen LogP contribution in [0.15, 0.2) is 54.7 Å². The van der Waals surface area contributed by atoms with Crippen LogP contribution in [0.2, 0.25) is 0 Å². The summed E-state index contributed by atoms with van der Waals surface area (Å²) in [5.41, 5.74) is 7.33. The lowest BCUT2D eigenvalue weighted by molar-refractivity contribution is -0.198. The Morgan fingerprint density at radius 3 is 2.54 bits per heavy atom. The minimum atomic E-state index is -4.71. The number of carboxylic acid groups (broad SMARTS) is 1. The molecule has 2 aromatic heterocycles. The maximum Gasteiger partial charge on any atom is 0.429 e. The van der Waals surface area contributed by atoms with Crippen molar-refractivity contribution >= 4 is 39.4 Å². The van der Waals surface area contributed by atoms with Gasteiger partial charge in [-0.1, -0.05) is 36.4 Å². The highest BCUT2D eigenvalue weighted by molar-refractivity contribution is 7.13. The molecule has 0 amide bonds. The standard InChI is InChI=1S/C28H27F3N6O3S/c29-28(30,31)24(17-3-1-16(2-4-17)18-5-6-19-14-34-41-21(19)11-18)40-23-12-22(35-26(32)36-23)37-9-7-27(8-10-37)13-20(25(38)39)33-15-27/h1-6,11-12,14,20,24,33H,7-10,13,15H2,(H,38,39)(H2,32,35,36)/t20-,24+/m0/s1. The van der Waals surface area contributed by atoms with E-state index in [9.17, 15) is 23.1 Å². The summed E-state index contributed by atoms with van der Waals surface area (Å²) in [5.74, 6) is -0.955. The van der Waals surface area contributed by atoms with Gasteiger partial charge in [0.1, 0.15) is 11.9 Å². The van der Waals surface area contributed by atoms with Crippen molar-refractivity contribution in [2.75, 3.05) is 30.3 Å². The summed E-state index contributed by atoms with van der Waals surface area (Å²) < 4.78 is 53.2. The number of piperidine rings is 1. The van der Waals surface area contributed by atoms with Crippen molar-refractivity contribution in [1.82, 2.24) is 19.7 Å². The minimum absolute atomic E-state index is 0.0690. The third-order valence-corrected chi connectivity index (χ3v) is 8.71. The normalized spacial score (nSPS) is 19.5. The van der Waals surface area contributed by atoms with Crippen molar-refractivity contribution in [3.8, 4) is 17.0 Å². The first-order chi connectivity index (χ1) is 19.6. The molecule has 0 aliphatic carbocycles. The molecular formula is C28H27F3N6O3S. The Kier molecular flexibility index (Phi) is 6.94. The Morgan fingerprint density at radius 2 is 1.85 bits per heavy atom. The number of fused-ring (bicyclic) bond motifs is 1. The molecule has 0 saturated carbocycles. The highest BCUT2D eigenvalue weighted by Gasteiger charge is 2.45. The average Bonchev–Trinajstić information content (AvgIpc) is 3.58. The van der Waals surface area contributed by atoms with Gasteiger partial charge in [0.2, 0.25) is 17.9 Å². The molecule has 4 aromatic rings. The second-order valence-electron chi connectivity index (χ2n) is 10.6. The summed E-state index contributed by atoms with van der Waals surface area (Å²) in [6.45, 7) is 1.73. The number of aromatic nitrogens is 3. The fraction of sp³-hybridized carbons (Fsp3) is 0.357. The number of hydrogen-bond donors (Lipinski definition) is 3. The number of alkyl halides is 3. The van der Waals surface area contributed by atoms with Crippen LogP contribution >= 0.6 is 11.5 Å². The Morgan fingerprint density at radius 1 is 1.12 bits per heavy atom. The van der Waals surface area contributed by atoms with Gasteiger partial charge in [-0.25, -0.2) is 0 Å². The first kappa shape index (κ1) is 27.2. The van der Waals surface area contributed by atoms with E-state index in [0.717, 1.165) is 34.1 Å². The topological polar surface area (TPSA) is 126 Å². The molecule has 13 heteroatoms. The number of carbonyl (C=O) groups is 1. The van der Waals surface area contributed by atoms with E-state index in [1.165, 1.54) is 29.7 Å². The summed E-state index contributed by atoms with van der Waals surface area (Å²) in [7, 11) is 0. The average molecular weight is 585 g/mol. The SMILES string of the molecule is Nc1nc(O[C@H](c2ccc(-c3ccc4cnsc4c3)cc2)C(F)(F)F)cc(N2CCC3(CC2)CN[C@H](C(=O)O)C3)n1. The molecule has 2 atom stereocenters. The number of halogens is 3. The third kappa shape index (κ3) is 5.64. The van der Waals surface area contributed by atoms with Crippen LogP contribution in [0.1, 0.15) is 30.9 Å². The summed E-state index contributed by atoms with van der Waals surface area (Å²) in [6, 6.07) is 12.7. The molecule has 2 fully saturated rings. The van der Waals surface area contributed by atoms with Crippen LogP contribution < -0.4 is 20.7 Å².